The highest BCUT2D eigenvalue weighted by atomic mass is 127. The minimum absolute atomic E-state index is 0.0658. The third-order valence-corrected chi connectivity index (χ3v) is 4.24. The molecule has 0 atom stereocenters. The molecule has 3 nitrogen and oxygen atoms in total. The van der Waals surface area contributed by atoms with Gasteiger partial charge in [-0.05, 0) is 71.2 Å². The number of amides is 1. The summed E-state index contributed by atoms with van der Waals surface area (Å²) in [6.07, 6.45) is 1.71. The molecule has 19 heavy (non-hydrogen) atoms. The van der Waals surface area contributed by atoms with Crippen LogP contribution in [0.3, 0.4) is 0 Å². The van der Waals surface area contributed by atoms with Gasteiger partial charge in [-0.3, -0.25) is 4.79 Å². The third kappa shape index (κ3) is 4.34. The maximum atomic E-state index is 12.3. The molecule has 0 fully saturated rings. The lowest BCUT2D eigenvalue weighted by atomic mass is 10.2. The largest absolute Gasteiger partial charge is 0.487 e. The lowest BCUT2D eigenvalue weighted by molar-refractivity contribution is 0.0773. The number of rotatable bonds is 6. The Bertz CT molecular complexity index is 448. The summed E-state index contributed by atoms with van der Waals surface area (Å²) in [5.74, 6) is 0.883. The SMILES string of the molecule is C=CCOc1c(I)cc(C(=O)N(CC)CC)cc1I. The molecule has 1 aromatic rings. The monoisotopic (exact) mass is 485 g/mol. The van der Waals surface area contributed by atoms with E-state index in [9.17, 15) is 4.79 Å². The molecule has 0 aliphatic rings. The van der Waals surface area contributed by atoms with Gasteiger partial charge in [0, 0.05) is 18.7 Å². The molecule has 0 aromatic heterocycles. The van der Waals surface area contributed by atoms with Crippen LogP contribution in [0.1, 0.15) is 24.2 Å². The summed E-state index contributed by atoms with van der Waals surface area (Å²) in [5, 5.41) is 0. The molecular weight excluding hydrogens is 468 g/mol. The van der Waals surface area contributed by atoms with E-state index in [1.807, 2.05) is 30.9 Å². The summed E-state index contributed by atoms with van der Waals surface area (Å²) in [4.78, 5) is 14.1. The average molecular weight is 485 g/mol. The van der Waals surface area contributed by atoms with Gasteiger partial charge < -0.3 is 9.64 Å². The summed E-state index contributed by atoms with van der Waals surface area (Å²) >= 11 is 4.39. The quantitative estimate of drug-likeness (QED) is 0.452. The van der Waals surface area contributed by atoms with Crippen molar-refractivity contribution in [3.8, 4) is 5.75 Å². The number of hydrogen-bond donors (Lipinski definition) is 0. The van der Waals surface area contributed by atoms with Crippen LogP contribution in [0.2, 0.25) is 0 Å². The average Bonchev–Trinajstić information content (AvgIpc) is 2.39. The lowest BCUT2D eigenvalue weighted by Crippen LogP contribution is -2.30. The minimum Gasteiger partial charge on any atom is -0.487 e. The van der Waals surface area contributed by atoms with Crippen molar-refractivity contribution < 1.29 is 9.53 Å². The first-order valence-corrected chi connectivity index (χ1v) is 8.22. The molecule has 0 saturated carbocycles. The van der Waals surface area contributed by atoms with E-state index in [1.165, 1.54) is 0 Å². The number of hydrogen-bond acceptors (Lipinski definition) is 2. The number of nitrogens with zero attached hydrogens (tertiary/aromatic N) is 1. The van der Waals surface area contributed by atoms with Crippen LogP contribution in [-0.4, -0.2) is 30.5 Å². The molecule has 104 valence electrons. The van der Waals surface area contributed by atoms with Crippen LogP contribution in [-0.2, 0) is 0 Å². The Hall–Kier alpha value is -0.310. The van der Waals surface area contributed by atoms with Gasteiger partial charge in [0.2, 0.25) is 0 Å². The fourth-order valence-corrected chi connectivity index (χ4v) is 3.74. The van der Waals surface area contributed by atoms with E-state index in [-0.39, 0.29) is 5.91 Å². The van der Waals surface area contributed by atoms with Crippen LogP contribution >= 0.6 is 45.2 Å². The van der Waals surface area contributed by atoms with Crippen LogP contribution in [0.25, 0.3) is 0 Å². The number of ether oxygens (including phenoxy) is 1. The lowest BCUT2D eigenvalue weighted by Gasteiger charge is -2.19. The summed E-state index contributed by atoms with van der Waals surface area (Å²) in [6.45, 7) is 9.51. The second-order valence-corrected chi connectivity index (χ2v) is 6.17. The fraction of sp³-hybridized carbons (Fsp3) is 0.357. The second kappa shape index (κ2) is 8.08. The van der Waals surface area contributed by atoms with E-state index in [0.29, 0.717) is 12.2 Å². The smallest absolute Gasteiger partial charge is 0.253 e. The van der Waals surface area contributed by atoms with Gasteiger partial charge in [-0.15, -0.1) is 0 Å². The van der Waals surface area contributed by atoms with E-state index in [2.05, 4.69) is 51.8 Å². The van der Waals surface area contributed by atoms with E-state index in [0.717, 1.165) is 26.0 Å². The van der Waals surface area contributed by atoms with E-state index in [1.54, 1.807) is 6.08 Å². The van der Waals surface area contributed by atoms with Crippen molar-refractivity contribution in [3.63, 3.8) is 0 Å². The molecular formula is C14H17I2NO2. The highest BCUT2D eigenvalue weighted by Crippen LogP contribution is 2.29. The molecule has 1 aromatic carbocycles. The Labute approximate surface area is 141 Å². The van der Waals surface area contributed by atoms with Crippen molar-refractivity contribution in [3.05, 3.63) is 37.5 Å². The summed E-state index contributed by atoms with van der Waals surface area (Å²) < 4.78 is 7.50. The normalized spacial score (nSPS) is 10.1. The van der Waals surface area contributed by atoms with E-state index in [4.69, 9.17) is 4.74 Å². The summed E-state index contributed by atoms with van der Waals surface area (Å²) in [7, 11) is 0. The predicted molar refractivity (Wildman–Crippen MR) is 94.8 cm³/mol. The zero-order chi connectivity index (χ0) is 14.4. The van der Waals surface area contributed by atoms with Gasteiger partial charge in [-0.25, -0.2) is 0 Å². The highest BCUT2D eigenvalue weighted by Gasteiger charge is 2.16. The van der Waals surface area contributed by atoms with Gasteiger partial charge in [-0.1, -0.05) is 12.7 Å². The first kappa shape index (κ1) is 16.7. The van der Waals surface area contributed by atoms with Crippen molar-refractivity contribution in [1.29, 1.82) is 0 Å². The molecule has 1 rings (SSSR count). The summed E-state index contributed by atoms with van der Waals surface area (Å²) in [6, 6.07) is 3.75. The molecule has 0 bridgehead atoms. The fourth-order valence-electron chi connectivity index (χ4n) is 1.66. The molecule has 0 N–H and O–H groups in total. The van der Waals surface area contributed by atoms with Gasteiger partial charge in [0.15, 0.2) is 0 Å². The standard InChI is InChI=1S/C14H17I2NO2/c1-4-7-19-13-11(15)8-10(9-12(13)16)14(18)17(5-2)6-3/h4,8-9H,1,5-7H2,2-3H3. The van der Waals surface area contributed by atoms with Gasteiger partial charge >= 0.3 is 0 Å². The van der Waals surface area contributed by atoms with Crippen LogP contribution in [0.15, 0.2) is 24.8 Å². The third-order valence-electron chi connectivity index (χ3n) is 2.64. The number of carbonyl (C=O) groups is 1. The topological polar surface area (TPSA) is 29.5 Å². The summed E-state index contributed by atoms with van der Waals surface area (Å²) in [5.41, 5.74) is 0.712. The Morgan fingerprint density at radius 3 is 2.26 bits per heavy atom. The van der Waals surface area contributed by atoms with E-state index >= 15 is 0 Å². The van der Waals surface area contributed by atoms with Gasteiger partial charge in [-0.2, -0.15) is 0 Å². The van der Waals surface area contributed by atoms with Gasteiger partial charge in [0.05, 0.1) is 7.14 Å². The van der Waals surface area contributed by atoms with Crippen molar-refractivity contribution in [2.75, 3.05) is 19.7 Å². The zero-order valence-electron chi connectivity index (χ0n) is 11.1. The maximum absolute atomic E-state index is 12.3. The van der Waals surface area contributed by atoms with Crippen molar-refractivity contribution in [2.45, 2.75) is 13.8 Å². The first-order chi connectivity index (χ1) is 9.04. The molecule has 0 aliphatic heterocycles. The highest BCUT2D eigenvalue weighted by molar-refractivity contribution is 14.1. The van der Waals surface area contributed by atoms with Crippen molar-refractivity contribution in [1.82, 2.24) is 4.90 Å². The van der Waals surface area contributed by atoms with Crippen molar-refractivity contribution in [2.24, 2.45) is 0 Å². The first-order valence-electron chi connectivity index (χ1n) is 6.07. The molecule has 0 spiro atoms. The Morgan fingerprint density at radius 1 is 1.32 bits per heavy atom. The van der Waals surface area contributed by atoms with E-state index < -0.39 is 0 Å². The maximum Gasteiger partial charge on any atom is 0.253 e. The van der Waals surface area contributed by atoms with Crippen molar-refractivity contribution >= 4 is 51.1 Å². The number of benzene rings is 1. The van der Waals surface area contributed by atoms with Crippen LogP contribution < -0.4 is 4.74 Å². The van der Waals surface area contributed by atoms with Crippen LogP contribution in [0.5, 0.6) is 5.75 Å². The molecule has 5 heteroatoms. The molecule has 0 unspecified atom stereocenters. The second-order valence-electron chi connectivity index (χ2n) is 3.85. The molecule has 0 heterocycles. The molecule has 0 saturated heterocycles. The predicted octanol–water partition coefficient (Wildman–Crippen LogP) is 3.94. The molecule has 1 amide bonds. The van der Waals surface area contributed by atoms with Gasteiger partial charge in [0.25, 0.3) is 5.91 Å². The van der Waals surface area contributed by atoms with Crippen LogP contribution in [0.4, 0.5) is 0 Å². The Balaban J connectivity index is 3.06. The number of carbonyl (C=O) groups excluding carboxylic acids is 1. The molecule has 0 aliphatic carbocycles. The minimum atomic E-state index is 0.0658. The Kier molecular flexibility index (Phi) is 7.12. The van der Waals surface area contributed by atoms with Gasteiger partial charge in [0.1, 0.15) is 12.4 Å². The number of halogens is 2. The Morgan fingerprint density at radius 2 is 1.84 bits per heavy atom. The van der Waals surface area contributed by atoms with Crippen LogP contribution in [0, 0.1) is 7.14 Å². The molecule has 0 radical (unpaired) electrons. The zero-order valence-corrected chi connectivity index (χ0v) is 15.4.